The van der Waals surface area contributed by atoms with Crippen molar-refractivity contribution in [1.29, 1.82) is 0 Å². The molecule has 0 saturated heterocycles. The van der Waals surface area contributed by atoms with Gasteiger partial charge in [-0.05, 0) is 32.0 Å². The molecule has 5 heteroatoms. The molecule has 0 unspecified atom stereocenters. The summed E-state index contributed by atoms with van der Waals surface area (Å²) in [6, 6.07) is 2.17. The fourth-order valence-corrected chi connectivity index (χ4v) is 1.76. The molecule has 18 heavy (non-hydrogen) atoms. The first-order chi connectivity index (χ1) is 8.77. The minimum absolute atomic E-state index is 0.780. The first-order valence-corrected chi connectivity index (χ1v) is 6.70. The highest BCUT2D eigenvalue weighted by molar-refractivity contribution is 5.09. The maximum absolute atomic E-state index is 4.97. The van der Waals surface area contributed by atoms with E-state index in [9.17, 15) is 0 Å². The highest BCUT2D eigenvalue weighted by Gasteiger charge is 2.02. The van der Waals surface area contributed by atoms with E-state index in [-0.39, 0.29) is 0 Å². The van der Waals surface area contributed by atoms with Gasteiger partial charge in [0, 0.05) is 27.2 Å². The van der Waals surface area contributed by atoms with Crippen molar-refractivity contribution in [3.8, 4) is 0 Å². The molecular formula is C13H26N4O. The minimum atomic E-state index is 0.780. The zero-order valence-electron chi connectivity index (χ0n) is 11.8. The molecule has 0 aliphatic rings. The molecule has 0 spiro atoms. The van der Waals surface area contributed by atoms with Crippen LogP contribution in [0, 0.1) is 0 Å². The van der Waals surface area contributed by atoms with Gasteiger partial charge in [-0.15, -0.1) is 0 Å². The van der Waals surface area contributed by atoms with E-state index in [4.69, 9.17) is 4.74 Å². The summed E-state index contributed by atoms with van der Waals surface area (Å²) in [5.41, 5.74) is 2.41. The highest BCUT2D eigenvalue weighted by atomic mass is 16.5. The van der Waals surface area contributed by atoms with Crippen molar-refractivity contribution >= 4 is 0 Å². The maximum atomic E-state index is 4.97. The Morgan fingerprint density at radius 3 is 2.72 bits per heavy atom. The molecule has 0 radical (unpaired) electrons. The predicted octanol–water partition coefficient (Wildman–Crippen LogP) is 0.698. The van der Waals surface area contributed by atoms with Crippen LogP contribution < -0.4 is 10.6 Å². The average Bonchev–Trinajstić information content (AvgIpc) is 2.73. The number of methoxy groups -OCH3 is 1. The Labute approximate surface area is 110 Å². The standard InChI is InChI=1S/C13H26N4O/c1-4-12-10-13(17(2)16-12)11-15-7-5-6-14-8-9-18-3/h10,14-15H,4-9,11H2,1-3H3. The van der Waals surface area contributed by atoms with Gasteiger partial charge in [0.15, 0.2) is 0 Å². The number of hydrogen-bond acceptors (Lipinski definition) is 4. The second kappa shape index (κ2) is 9.08. The number of hydrogen-bond donors (Lipinski definition) is 2. The Hall–Kier alpha value is -0.910. The molecule has 0 saturated carbocycles. The van der Waals surface area contributed by atoms with Crippen LogP contribution in [0.3, 0.4) is 0 Å². The third kappa shape index (κ3) is 5.62. The third-order valence-electron chi connectivity index (χ3n) is 2.89. The lowest BCUT2D eigenvalue weighted by Crippen LogP contribution is -2.24. The van der Waals surface area contributed by atoms with Crippen LogP contribution in [0.2, 0.25) is 0 Å². The van der Waals surface area contributed by atoms with Gasteiger partial charge < -0.3 is 15.4 Å². The number of ether oxygens (including phenoxy) is 1. The van der Waals surface area contributed by atoms with Crippen molar-refractivity contribution in [1.82, 2.24) is 20.4 Å². The molecule has 1 aromatic rings. The summed E-state index contributed by atoms with van der Waals surface area (Å²) in [5, 5.41) is 11.2. The van der Waals surface area contributed by atoms with E-state index in [2.05, 4.69) is 28.7 Å². The molecule has 0 aromatic carbocycles. The SMILES string of the molecule is CCc1cc(CNCCCNCCOC)n(C)n1. The van der Waals surface area contributed by atoms with Gasteiger partial charge in [-0.25, -0.2) is 0 Å². The van der Waals surface area contributed by atoms with Gasteiger partial charge in [0.25, 0.3) is 0 Å². The van der Waals surface area contributed by atoms with Crippen LogP contribution >= 0.6 is 0 Å². The molecule has 0 fully saturated rings. The molecule has 0 amide bonds. The Kier molecular flexibility index (Phi) is 7.64. The van der Waals surface area contributed by atoms with E-state index in [0.29, 0.717) is 0 Å². The molecule has 1 heterocycles. The molecule has 0 aliphatic heterocycles. The molecule has 5 nitrogen and oxygen atoms in total. The number of nitrogens with one attached hydrogen (secondary N) is 2. The van der Waals surface area contributed by atoms with Crippen LogP contribution in [0.15, 0.2) is 6.07 Å². The van der Waals surface area contributed by atoms with Crippen molar-refractivity contribution in [2.45, 2.75) is 26.3 Å². The fraction of sp³-hybridized carbons (Fsp3) is 0.769. The lowest BCUT2D eigenvalue weighted by molar-refractivity contribution is 0.199. The molecule has 0 bridgehead atoms. The van der Waals surface area contributed by atoms with E-state index in [1.54, 1.807) is 7.11 Å². The summed E-state index contributed by atoms with van der Waals surface area (Å²) in [4.78, 5) is 0. The maximum Gasteiger partial charge on any atom is 0.0625 e. The summed E-state index contributed by atoms with van der Waals surface area (Å²) in [6.45, 7) is 6.78. The number of nitrogens with zero attached hydrogens (tertiary/aromatic N) is 2. The van der Waals surface area contributed by atoms with Crippen LogP contribution in [0.25, 0.3) is 0 Å². The summed E-state index contributed by atoms with van der Waals surface area (Å²) in [5.74, 6) is 0. The topological polar surface area (TPSA) is 51.1 Å². The minimum Gasteiger partial charge on any atom is -0.383 e. The van der Waals surface area contributed by atoms with Crippen molar-refractivity contribution < 1.29 is 4.74 Å². The van der Waals surface area contributed by atoms with Crippen molar-refractivity contribution in [3.05, 3.63) is 17.5 Å². The first kappa shape index (κ1) is 15.1. The van der Waals surface area contributed by atoms with Gasteiger partial charge >= 0.3 is 0 Å². The second-order valence-corrected chi connectivity index (χ2v) is 4.38. The normalized spacial score (nSPS) is 11.1. The Bertz CT molecular complexity index is 325. The third-order valence-corrected chi connectivity index (χ3v) is 2.89. The van der Waals surface area contributed by atoms with Crippen LogP contribution in [-0.4, -0.2) is 43.1 Å². The molecule has 1 rings (SSSR count). The summed E-state index contributed by atoms with van der Waals surface area (Å²) < 4.78 is 6.93. The average molecular weight is 254 g/mol. The van der Waals surface area contributed by atoms with Crippen molar-refractivity contribution in [2.24, 2.45) is 7.05 Å². The monoisotopic (exact) mass is 254 g/mol. The van der Waals surface area contributed by atoms with Gasteiger partial charge in [-0.2, -0.15) is 5.10 Å². The van der Waals surface area contributed by atoms with Crippen molar-refractivity contribution in [3.63, 3.8) is 0 Å². The zero-order chi connectivity index (χ0) is 13.2. The largest absolute Gasteiger partial charge is 0.383 e. The molecule has 1 aromatic heterocycles. The van der Waals surface area contributed by atoms with Crippen LogP contribution in [-0.2, 0) is 24.8 Å². The van der Waals surface area contributed by atoms with Crippen molar-refractivity contribution in [2.75, 3.05) is 33.4 Å². The smallest absolute Gasteiger partial charge is 0.0625 e. The predicted molar refractivity (Wildman–Crippen MR) is 73.7 cm³/mol. The fourth-order valence-electron chi connectivity index (χ4n) is 1.76. The zero-order valence-corrected chi connectivity index (χ0v) is 11.8. The first-order valence-electron chi connectivity index (χ1n) is 6.70. The second-order valence-electron chi connectivity index (χ2n) is 4.38. The lowest BCUT2D eigenvalue weighted by Gasteiger charge is -2.06. The quantitative estimate of drug-likeness (QED) is 0.604. The Morgan fingerprint density at radius 2 is 2.06 bits per heavy atom. The van der Waals surface area contributed by atoms with E-state index in [0.717, 1.165) is 51.3 Å². The van der Waals surface area contributed by atoms with E-state index in [1.165, 1.54) is 5.69 Å². The summed E-state index contributed by atoms with van der Waals surface area (Å²) in [6.07, 6.45) is 2.12. The number of aryl methyl sites for hydroxylation is 2. The van der Waals surface area contributed by atoms with Gasteiger partial charge in [0.1, 0.15) is 0 Å². The summed E-state index contributed by atoms with van der Waals surface area (Å²) in [7, 11) is 3.73. The Morgan fingerprint density at radius 1 is 1.28 bits per heavy atom. The van der Waals surface area contributed by atoms with Crippen LogP contribution in [0.4, 0.5) is 0 Å². The van der Waals surface area contributed by atoms with E-state index in [1.807, 2.05) is 11.7 Å². The number of aromatic nitrogens is 2. The van der Waals surface area contributed by atoms with E-state index < -0.39 is 0 Å². The highest BCUT2D eigenvalue weighted by Crippen LogP contribution is 2.03. The molecule has 0 aliphatic carbocycles. The Balaban J connectivity index is 2.05. The molecule has 2 N–H and O–H groups in total. The van der Waals surface area contributed by atoms with E-state index >= 15 is 0 Å². The summed E-state index contributed by atoms with van der Waals surface area (Å²) >= 11 is 0. The van der Waals surface area contributed by atoms with Crippen LogP contribution in [0.5, 0.6) is 0 Å². The molecule has 0 atom stereocenters. The van der Waals surface area contributed by atoms with Gasteiger partial charge in [-0.3, -0.25) is 4.68 Å². The van der Waals surface area contributed by atoms with Gasteiger partial charge in [-0.1, -0.05) is 6.92 Å². The van der Waals surface area contributed by atoms with Crippen LogP contribution in [0.1, 0.15) is 24.7 Å². The van der Waals surface area contributed by atoms with Gasteiger partial charge in [0.05, 0.1) is 18.0 Å². The molecular weight excluding hydrogens is 228 g/mol. The van der Waals surface area contributed by atoms with Gasteiger partial charge in [0.2, 0.25) is 0 Å². The lowest BCUT2D eigenvalue weighted by atomic mass is 10.3. The number of rotatable bonds is 10. The molecule has 104 valence electrons.